The number of ether oxygens (including phenoxy) is 2. The first-order valence-electron chi connectivity index (χ1n) is 7.43. The molecule has 1 fully saturated rings. The standard InChI is InChI=1S/C16H22ClFO3/c1-3-21-16-12(10(2)9-19)8-13(17)15(18)14(16)11-4-6-20-7-5-11/h8,10-11,19H,3-7,9H2,1-2H3. The molecule has 3 nitrogen and oxygen atoms in total. The minimum Gasteiger partial charge on any atom is -0.493 e. The van der Waals surface area contributed by atoms with E-state index in [0.717, 1.165) is 18.4 Å². The summed E-state index contributed by atoms with van der Waals surface area (Å²) in [6, 6.07) is 1.57. The lowest BCUT2D eigenvalue weighted by Crippen LogP contribution is -2.18. The second kappa shape index (κ2) is 7.43. The molecule has 0 spiro atoms. The molecule has 0 aromatic heterocycles. The fraction of sp³-hybridized carbons (Fsp3) is 0.625. The summed E-state index contributed by atoms with van der Waals surface area (Å²) in [6.07, 6.45) is 1.51. The molecule has 2 rings (SSSR count). The van der Waals surface area contributed by atoms with E-state index in [9.17, 15) is 9.50 Å². The fourth-order valence-electron chi connectivity index (χ4n) is 2.77. The first-order valence-corrected chi connectivity index (χ1v) is 7.81. The van der Waals surface area contributed by atoms with Crippen LogP contribution in [0, 0.1) is 5.82 Å². The Bertz CT molecular complexity index is 487. The van der Waals surface area contributed by atoms with Crippen LogP contribution in [0.15, 0.2) is 6.07 Å². The first-order chi connectivity index (χ1) is 10.1. The lowest BCUT2D eigenvalue weighted by Gasteiger charge is -2.27. The van der Waals surface area contributed by atoms with Gasteiger partial charge in [-0.15, -0.1) is 0 Å². The molecule has 1 heterocycles. The van der Waals surface area contributed by atoms with E-state index in [2.05, 4.69) is 0 Å². The Morgan fingerprint density at radius 2 is 2.14 bits per heavy atom. The van der Waals surface area contributed by atoms with Gasteiger partial charge in [0.1, 0.15) is 11.6 Å². The molecule has 0 saturated carbocycles. The van der Waals surface area contributed by atoms with Gasteiger partial charge in [0.2, 0.25) is 0 Å². The van der Waals surface area contributed by atoms with Gasteiger partial charge in [-0.25, -0.2) is 4.39 Å². The van der Waals surface area contributed by atoms with E-state index in [1.165, 1.54) is 0 Å². The van der Waals surface area contributed by atoms with Crippen LogP contribution in [-0.4, -0.2) is 31.5 Å². The molecule has 1 aromatic carbocycles. The molecule has 0 radical (unpaired) electrons. The van der Waals surface area contributed by atoms with E-state index < -0.39 is 5.82 Å². The summed E-state index contributed by atoms with van der Waals surface area (Å²) in [7, 11) is 0. The topological polar surface area (TPSA) is 38.7 Å². The summed E-state index contributed by atoms with van der Waals surface area (Å²) >= 11 is 6.07. The van der Waals surface area contributed by atoms with Crippen molar-refractivity contribution < 1.29 is 19.0 Å². The largest absolute Gasteiger partial charge is 0.493 e. The van der Waals surface area contributed by atoms with Gasteiger partial charge in [0.05, 0.1) is 11.6 Å². The molecule has 1 unspecified atom stereocenters. The van der Waals surface area contributed by atoms with Crippen molar-refractivity contribution >= 4 is 11.6 Å². The van der Waals surface area contributed by atoms with Crippen molar-refractivity contribution in [2.24, 2.45) is 0 Å². The van der Waals surface area contributed by atoms with Gasteiger partial charge in [0.15, 0.2) is 0 Å². The molecular weight excluding hydrogens is 295 g/mol. The van der Waals surface area contributed by atoms with Gasteiger partial charge >= 0.3 is 0 Å². The van der Waals surface area contributed by atoms with Crippen molar-refractivity contribution in [3.05, 3.63) is 28.0 Å². The van der Waals surface area contributed by atoms with E-state index in [4.69, 9.17) is 21.1 Å². The van der Waals surface area contributed by atoms with Crippen molar-refractivity contribution in [1.82, 2.24) is 0 Å². The van der Waals surface area contributed by atoms with Crippen LogP contribution in [0.4, 0.5) is 4.39 Å². The lowest BCUT2D eigenvalue weighted by molar-refractivity contribution is 0.0838. The Balaban J connectivity index is 2.55. The molecular formula is C16H22ClFO3. The highest BCUT2D eigenvalue weighted by Gasteiger charge is 2.28. The van der Waals surface area contributed by atoms with Crippen molar-refractivity contribution in [3.63, 3.8) is 0 Å². The number of hydrogen-bond donors (Lipinski definition) is 1. The lowest BCUT2D eigenvalue weighted by atomic mass is 9.87. The number of hydrogen-bond acceptors (Lipinski definition) is 3. The SMILES string of the molecule is CCOc1c(C(C)CO)cc(Cl)c(F)c1C1CCOCC1. The Hall–Kier alpha value is -0.840. The quantitative estimate of drug-likeness (QED) is 0.896. The van der Waals surface area contributed by atoms with Crippen LogP contribution in [0.2, 0.25) is 5.02 Å². The highest BCUT2D eigenvalue weighted by molar-refractivity contribution is 6.31. The Labute approximate surface area is 130 Å². The third-order valence-electron chi connectivity index (χ3n) is 3.96. The zero-order valence-electron chi connectivity index (χ0n) is 12.5. The van der Waals surface area contributed by atoms with Crippen molar-refractivity contribution in [1.29, 1.82) is 0 Å². The summed E-state index contributed by atoms with van der Waals surface area (Å²) in [4.78, 5) is 0. The Kier molecular flexibility index (Phi) is 5.85. The van der Waals surface area contributed by atoms with Crippen LogP contribution in [0.25, 0.3) is 0 Å². The minimum absolute atomic E-state index is 0.0325. The zero-order valence-corrected chi connectivity index (χ0v) is 13.3. The van der Waals surface area contributed by atoms with Gasteiger partial charge in [0, 0.05) is 36.9 Å². The Morgan fingerprint density at radius 3 is 2.71 bits per heavy atom. The van der Waals surface area contributed by atoms with Gasteiger partial charge in [0.25, 0.3) is 0 Å². The van der Waals surface area contributed by atoms with E-state index in [0.29, 0.717) is 31.1 Å². The molecule has 1 saturated heterocycles. The van der Waals surface area contributed by atoms with E-state index in [1.54, 1.807) is 6.07 Å². The average molecular weight is 317 g/mol. The summed E-state index contributed by atoms with van der Waals surface area (Å²) in [5.74, 6) is 0.0423. The van der Waals surface area contributed by atoms with Gasteiger partial charge in [-0.1, -0.05) is 18.5 Å². The second-order valence-corrected chi connectivity index (χ2v) is 5.81. The maximum Gasteiger partial charge on any atom is 0.148 e. The Morgan fingerprint density at radius 1 is 1.48 bits per heavy atom. The fourth-order valence-corrected chi connectivity index (χ4v) is 2.99. The molecule has 5 heteroatoms. The number of halogens is 2. The molecule has 21 heavy (non-hydrogen) atoms. The van der Waals surface area contributed by atoms with Gasteiger partial charge < -0.3 is 14.6 Å². The van der Waals surface area contributed by atoms with Crippen molar-refractivity contribution in [3.8, 4) is 5.75 Å². The molecule has 0 bridgehead atoms. The second-order valence-electron chi connectivity index (χ2n) is 5.41. The zero-order chi connectivity index (χ0) is 15.4. The van der Waals surface area contributed by atoms with Crippen LogP contribution in [0.1, 0.15) is 49.7 Å². The van der Waals surface area contributed by atoms with Crippen LogP contribution in [-0.2, 0) is 4.74 Å². The van der Waals surface area contributed by atoms with Gasteiger partial charge in [-0.3, -0.25) is 0 Å². The van der Waals surface area contributed by atoms with Crippen LogP contribution >= 0.6 is 11.6 Å². The summed E-state index contributed by atoms with van der Waals surface area (Å²) in [5, 5.41) is 9.52. The number of aliphatic hydroxyl groups excluding tert-OH is 1. The minimum atomic E-state index is -0.402. The third kappa shape index (κ3) is 3.50. The highest BCUT2D eigenvalue weighted by Crippen LogP contribution is 2.43. The first kappa shape index (κ1) is 16.5. The number of benzene rings is 1. The predicted molar refractivity (Wildman–Crippen MR) is 80.9 cm³/mol. The maximum absolute atomic E-state index is 14.6. The van der Waals surface area contributed by atoms with E-state index in [-0.39, 0.29) is 23.5 Å². The molecule has 1 aliphatic rings. The predicted octanol–water partition coefficient (Wildman–Crippen LogP) is 3.87. The van der Waals surface area contributed by atoms with Crippen LogP contribution < -0.4 is 4.74 Å². The van der Waals surface area contributed by atoms with Crippen LogP contribution in [0.3, 0.4) is 0 Å². The van der Waals surface area contributed by atoms with Crippen molar-refractivity contribution in [2.75, 3.05) is 26.4 Å². The summed E-state index contributed by atoms with van der Waals surface area (Å²) in [6.45, 7) is 5.39. The molecule has 1 aromatic rings. The molecule has 118 valence electrons. The average Bonchev–Trinajstić information content (AvgIpc) is 2.51. The highest BCUT2D eigenvalue weighted by atomic mass is 35.5. The van der Waals surface area contributed by atoms with Crippen molar-refractivity contribution in [2.45, 2.75) is 38.5 Å². The van der Waals surface area contributed by atoms with Gasteiger partial charge in [-0.2, -0.15) is 0 Å². The summed E-state index contributed by atoms with van der Waals surface area (Å²) in [5.41, 5.74) is 1.31. The molecule has 1 N–H and O–H groups in total. The maximum atomic E-state index is 14.6. The van der Waals surface area contributed by atoms with E-state index >= 15 is 0 Å². The van der Waals surface area contributed by atoms with E-state index in [1.807, 2.05) is 13.8 Å². The van der Waals surface area contributed by atoms with Gasteiger partial charge in [-0.05, 0) is 31.7 Å². The smallest absolute Gasteiger partial charge is 0.148 e. The van der Waals surface area contributed by atoms with Crippen LogP contribution in [0.5, 0.6) is 5.75 Å². The third-order valence-corrected chi connectivity index (χ3v) is 4.23. The molecule has 1 aliphatic heterocycles. The normalized spacial score (nSPS) is 17.8. The summed E-state index contributed by atoms with van der Waals surface area (Å²) < 4.78 is 25.7. The molecule has 1 atom stereocenters. The monoisotopic (exact) mass is 316 g/mol. The molecule has 0 amide bonds. The number of aliphatic hydroxyl groups is 1. The molecule has 0 aliphatic carbocycles. The number of rotatable bonds is 5.